The highest BCUT2D eigenvalue weighted by molar-refractivity contribution is 6.05. The zero-order chi connectivity index (χ0) is 20.1. The second-order valence-electron chi connectivity index (χ2n) is 5.08. The highest BCUT2D eigenvalue weighted by Crippen LogP contribution is 2.31. The van der Waals surface area contributed by atoms with Gasteiger partial charge in [-0.25, -0.2) is 14.4 Å². The molecule has 0 saturated carbocycles. The van der Waals surface area contributed by atoms with Gasteiger partial charge in [0.2, 0.25) is 0 Å². The molecule has 0 bridgehead atoms. The fourth-order valence-electron chi connectivity index (χ4n) is 2.37. The zero-order valence-electron chi connectivity index (χ0n) is 14.2. The Morgan fingerprint density at radius 2 is 1.78 bits per heavy atom. The predicted molar refractivity (Wildman–Crippen MR) is 91.9 cm³/mol. The van der Waals surface area contributed by atoms with E-state index in [1.807, 2.05) is 0 Å². The minimum atomic E-state index is -1.47. The molecule has 0 fully saturated rings. The van der Waals surface area contributed by atoms with E-state index in [4.69, 9.17) is 9.84 Å². The van der Waals surface area contributed by atoms with Crippen LogP contribution in [0.3, 0.4) is 0 Å². The summed E-state index contributed by atoms with van der Waals surface area (Å²) in [5, 5.41) is 20.3. The molecule has 1 aromatic carbocycles. The van der Waals surface area contributed by atoms with Crippen LogP contribution in [0.5, 0.6) is 0 Å². The maximum absolute atomic E-state index is 12.3. The molecule has 1 heterocycles. The molecule has 10 nitrogen and oxygen atoms in total. The molecule has 1 N–H and O–H groups in total. The number of ether oxygens (including phenoxy) is 2. The largest absolute Gasteiger partial charge is 0.477 e. The lowest BCUT2D eigenvalue weighted by Crippen LogP contribution is -2.27. The lowest BCUT2D eigenvalue weighted by molar-refractivity contribution is -0.385. The van der Waals surface area contributed by atoms with Crippen LogP contribution in [-0.2, 0) is 19.1 Å². The van der Waals surface area contributed by atoms with Crippen LogP contribution in [0.1, 0.15) is 10.4 Å². The molecule has 0 spiro atoms. The molecular weight excluding hydrogens is 360 g/mol. The average Bonchev–Trinajstić information content (AvgIpc) is 2.88. The molecule has 0 radical (unpaired) electrons. The van der Waals surface area contributed by atoms with Gasteiger partial charge in [0.05, 0.1) is 30.4 Å². The van der Waals surface area contributed by atoms with Gasteiger partial charge in [-0.1, -0.05) is 6.08 Å². The summed E-state index contributed by atoms with van der Waals surface area (Å²) >= 11 is 0. The van der Waals surface area contributed by atoms with Crippen molar-refractivity contribution in [3.05, 3.63) is 69.6 Å². The number of nitro benzene ring substituents is 1. The number of nitrogens with zero attached hydrogens (tertiary/aromatic N) is 2. The van der Waals surface area contributed by atoms with Crippen molar-refractivity contribution in [2.24, 2.45) is 0 Å². The van der Waals surface area contributed by atoms with Crippen LogP contribution >= 0.6 is 0 Å². The minimum Gasteiger partial charge on any atom is -0.477 e. The van der Waals surface area contributed by atoms with Gasteiger partial charge in [0, 0.05) is 12.3 Å². The highest BCUT2D eigenvalue weighted by atomic mass is 16.6. The standard InChI is InChI=1S/C17H14N2O8/c1-26-16(22)12-5-3-4-8-18(14(12)17(23)27-2)10-6-7-11(15(20)21)13(9-10)19(24)25/h3-9H,1-2H3,(H,20,21). The normalized spacial score (nSPS) is 13.2. The van der Waals surface area contributed by atoms with E-state index in [2.05, 4.69) is 4.74 Å². The summed E-state index contributed by atoms with van der Waals surface area (Å²) < 4.78 is 9.39. The first-order valence-corrected chi connectivity index (χ1v) is 7.38. The lowest BCUT2D eigenvalue weighted by atomic mass is 10.1. The molecular formula is C17H14N2O8. The molecule has 1 aromatic rings. The number of carbonyl (C=O) groups is 3. The van der Waals surface area contributed by atoms with Crippen molar-refractivity contribution in [2.75, 3.05) is 19.1 Å². The Hall–Kier alpha value is -3.95. The number of hydrogen-bond donors (Lipinski definition) is 1. The predicted octanol–water partition coefficient (Wildman–Crippen LogP) is 1.78. The summed E-state index contributed by atoms with van der Waals surface area (Å²) in [5.41, 5.74) is -1.49. The Kier molecular flexibility index (Phi) is 5.71. The van der Waals surface area contributed by atoms with Crippen LogP contribution in [0.25, 0.3) is 0 Å². The van der Waals surface area contributed by atoms with Crippen molar-refractivity contribution in [3.8, 4) is 0 Å². The number of benzene rings is 1. The number of nitro groups is 1. The summed E-state index contributed by atoms with van der Waals surface area (Å²) in [6.45, 7) is 0. The Labute approximate surface area is 152 Å². The molecule has 27 heavy (non-hydrogen) atoms. The van der Waals surface area contributed by atoms with Gasteiger partial charge in [-0.15, -0.1) is 0 Å². The minimum absolute atomic E-state index is 0.0773. The van der Waals surface area contributed by atoms with Gasteiger partial charge in [0.1, 0.15) is 11.3 Å². The second-order valence-corrected chi connectivity index (χ2v) is 5.08. The van der Waals surface area contributed by atoms with E-state index in [1.165, 1.54) is 35.4 Å². The van der Waals surface area contributed by atoms with E-state index in [1.54, 1.807) is 0 Å². The summed E-state index contributed by atoms with van der Waals surface area (Å²) in [6.07, 6.45) is 5.65. The Balaban J connectivity index is 2.72. The van der Waals surface area contributed by atoms with Gasteiger partial charge < -0.3 is 19.5 Å². The molecule has 0 aliphatic carbocycles. The van der Waals surface area contributed by atoms with E-state index in [0.29, 0.717) is 0 Å². The molecule has 0 atom stereocenters. The van der Waals surface area contributed by atoms with Crippen LogP contribution in [0.15, 0.2) is 53.9 Å². The number of carboxylic acid groups (broad SMARTS) is 1. The number of methoxy groups -OCH3 is 2. The molecule has 0 saturated heterocycles. The second kappa shape index (κ2) is 7.95. The van der Waals surface area contributed by atoms with Gasteiger partial charge in [-0.3, -0.25) is 10.1 Å². The fourth-order valence-corrected chi connectivity index (χ4v) is 2.37. The first-order valence-electron chi connectivity index (χ1n) is 7.38. The van der Waals surface area contributed by atoms with E-state index in [-0.39, 0.29) is 17.0 Å². The highest BCUT2D eigenvalue weighted by Gasteiger charge is 2.29. The van der Waals surface area contributed by atoms with Crippen molar-refractivity contribution < 1.29 is 33.9 Å². The maximum atomic E-state index is 12.3. The molecule has 0 aromatic heterocycles. The Bertz CT molecular complexity index is 914. The van der Waals surface area contributed by atoms with Crippen LogP contribution in [0.4, 0.5) is 11.4 Å². The summed E-state index contributed by atoms with van der Waals surface area (Å²) in [6, 6.07) is 3.29. The van der Waals surface area contributed by atoms with Crippen LogP contribution < -0.4 is 4.90 Å². The third-order valence-corrected chi connectivity index (χ3v) is 3.58. The molecule has 1 aliphatic heterocycles. The molecule has 1 aliphatic rings. The van der Waals surface area contributed by atoms with Crippen molar-refractivity contribution in [3.63, 3.8) is 0 Å². The van der Waals surface area contributed by atoms with Gasteiger partial charge in [0.15, 0.2) is 0 Å². The molecule has 10 heteroatoms. The molecule has 0 amide bonds. The first kappa shape index (κ1) is 19.4. The van der Waals surface area contributed by atoms with Gasteiger partial charge in [-0.05, 0) is 24.3 Å². The molecule has 2 rings (SSSR count). The zero-order valence-corrected chi connectivity index (χ0v) is 14.2. The van der Waals surface area contributed by atoms with E-state index >= 15 is 0 Å². The van der Waals surface area contributed by atoms with E-state index < -0.39 is 34.1 Å². The number of aromatic carboxylic acids is 1. The third kappa shape index (κ3) is 3.84. The molecule has 0 unspecified atom stereocenters. The third-order valence-electron chi connectivity index (χ3n) is 3.58. The summed E-state index contributed by atoms with van der Waals surface area (Å²) in [5.74, 6) is -3.19. The van der Waals surface area contributed by atoms with Crippen molar-refractivity contribution in [2.45, 2.75) is 0 Å². The number of carboxylic acids is 1. The SMILES string of the molecule is COC(=O)C1=C(C(=O)OC)N(c2ccc(C(=O)O)c([N+](=O)[O-])c2)C=CC=C1. The smallest absolute Gasteiger partial charge is 0.355 e. The van der Waals surface area contributed by atoms with E-state index in [0.717, 1.165) is 26.4 Å². The van der Waals surface area contributed by atoms with Gasteiger partial charge in [0.25, 0.3) is 5.69 Å². The topological polar surface area (TPSA) is 136 Å². The van der Waals surface area contributed by atoms with Crippen LogP contribution in [-0.4, -0.2) is 42.2 Å². The fraction of sp³-hybridized carbons (Fsp3) is 0.118. The number of rotatable bonds is 5. The van der Waals surface area contributed by atoms with E-state index in [9.17, 15) is 24.5 Å². The number of hydrogen-bond acceptors (Lipinski definition) is 8. The number of allylic oxidation sites excluding steroid dienone is 2. The molecule has 140 valence electrons. The quantitative estimate of drug-likeness (QED) is 0.464. The van der Waals surface area contributed by atoms with Crippen LogP contribution in [0.2, 0.25) is 0 Å². The lowest BCUT2D eigenvalue weighted by Gasteiger charge is -2.23. The number of carbonyl (C=O) groups excluding carboxylic acids is 2. The van der Waals surface area contributed by atoms with Crippen molar-refractivity contribution in [1.82, 2.24) is 0 Å². The number of esters is 2. The Morgan fingerprint density at radius 3 is 2.33 bits per heavy atom. The Morgan fingerprint density at radius 1 is 1.11 bits per heavy atom. The van der Waals surface area contributed by atoms with Gasteiger partial charge in [-0.2, -0.15) is 0 Å². The van der Waals surface area contributed by atoms with Gasteiger partial charge >= 0.3 is 17.9 Å². The number of anilines is 1. The average molecular weight is 374 g/mol. The first-order chi connectivity index (χ1) is 12.8. The summed E-state index contributed by atoms with van der Waals surface area (Å²) in [4.78, 5) is 47.1. The maximum Gasteiger partial charge on any atom is 0.355 e. The monoisotopic (exact) mass is 374 g/mol. The van der Waals surface area contributed by atoms with Crippen LogP contribution in [0, 0.1) is 10.1 Å². The van der Waals surface area contributed by atoms with Crippen molar-refractivity contribution >= 4 is 29.3 Å². The summed E-state index contributed by atoms with van der Waals surface area (Å²) in [7, 11) is 2.24. The van der Waals surface area contributed by atoms with Crippen molar-refractivity contribution in [1.29, 1.82) is 0 Å².